The van der Waals surface area contributed by atoms with Crippen LogP contribution < -0.4 is 0 Å². The molecule has 0 atom stereocenters. The Bertz CT molecular complexity index is 524. The zero-order valence-electron chi connectivity index (χ0n) is 11.5. The molecule has 0 bridgehead atoms. The minimum absolute atomic E-state index is 0.0493. The number of nitrogens with zero attached hydrogens (tertiary/aromatic N) is 2. The van der Waals surface area contributed by atoms with Gasteiger partial charge in [-0.1, -0.05) is 32.4 Å². The third kappa shape index (κ3) is 4.65. The number of hydrogen-bond donors (Lipinski definition) is 0. The molecule has 1 aromatic rings. The molecule has 1 rings (SSSR count). The summed E-state index contributed by atoms with van der Waals surface area (Å²) in [6.45, 7) is 6.09. The lowest BCUT2D eigenvalue weighted by Crippen LogP contribution is -2.15. The summed E-state index contributed by atoms with van der Waals surface area (Å²) >= 11 is 12.1. The van der Waals surface area contributed by atoms with Crippen molar-refractivity contribution in [3.8, 4) is 0 Å². The van der Waals surface area contributed by atoms with Crippen LogP contribution in [0.25, 0.3) is 0 Å². The molecule has 0 aromatic carbocycles. The molecule has 0 spiro atoms. The van der Waals surface area contributed by atoms with Crippen molar-refractivity contribution in [3.63, 3.8) is 0 Å². The first-order valence-corrected chi connectivity index (χ1v) is 9.04. The molecule has 0 unspecified atom stereocenters. The summed E-state index contributed by atoms with van der Waals surface area (Å²) in [5.41, 5.74) is 1.68. The first-order chi connectivity index (χ1) is 8.80. The van der Waals surface area contributed by atoms with Gasteiger partial charge in [-0.2, -0.15) is 5.10 Å². The maximum Gasteiger partial charge on any atom is 0.151 e. The second-order valence-corrected chi connectivity index (χ2v) is 8.01. The number of sulfone groups is 1. The zero-order chi connectivity index (χ0) is 14.6. The largest absolute Gasteiger partial charge is 0.252 e. The van der Waals surface area contributed by atoms with E-state index in [0.29, 0.717) is 17.0 Å². The van der Waals surface area contributed by atoms with Gasteiger partial charge in [-0.05, 0) is 12.3 Å². The van der Waals surface area contributed by atoms with Crippen LogP contribution in [0.4, 0.5) is 0 Å². The number of alkyl halides is 1. The zero-order valence-corrected chi connectivity index (χ0v) is 13.8. The number of hydrogen-bond acceptors (Lipinski definition) is 3. The van der Waals surface area contributed by atoms with Crippen molar-refractivity contribution >= 4 is 33.0 Å². The molecular formula is C12H20Cl2N2O2S. The van der Waals surface area contributed by atoms with Crippen molar-refractivity contribution in [2.24, 2.45) is 5.92 Å². The molecule has 7 heteroatoms. The van der Waals surface area contributed by atoms with Gasteiger partial charge < -0.3 is 0 Å². The number of halogens is 2. The van der Waals surface area contributed by atoms with E-state index < -0.39 is 9.84 Å². The quantitative estimate of drug-likeness (QED) is 0.724. The smallest absolute Gasteiger partial charge is 0.151 e. The predicted octanol–water partition coefficient (Wildman–Crippen LogP) is 2.91. The summed E-state index contributed by atoms with van der Waals surface area (Å²) in [4.78, 5) is 0. The number of rotatable bonds is 7. The Labute approximate surface area is 125 Å². The lowest BCUT2D eigenvalue weighted by atomic mass is 10.1. The molecule has 4 nitrogen and oxygen atoms in total. The van der Waals surface area contributed by atoms with Crippen LogP contribution in [-0.4, -0.2) is 29.7 Å². The van der Waals surface area contributed by atoms with E-state index in [2.05, 4.69) is 18.9 Å². The van der Waals surface area contributed by atoms with E-state index in [9.17, 15) is 8.42 Å². The molecule has 0 amide bonds. The fraction of sp³-hybridized carbons (Fsp3) is 0.750. The Hall–Kier alpha value is -0.260. The summed E-state index contributed by atoms with van der Waals surface area (Å²) in [7, 11) is -3.02. The van der Waals surface area contributed by atoms with Crippen LogP contribution in [0.15, 0.2) is 0 Å². The van der Waals surface area contributed by atoms with Crippen LogP contribution >= 0.6 is 23.2 Å². The van der Waals surface area contributed by atoms with Gasteiger partial charge in [-0.3, -0.25) is 4.68 Å². The second-order valence-electron chi connectivity index (χ2n) is 4.91. The van der Waals surface area contributed by atoms with Crippen LogP contribution in [0.1, 0.15) is 32.0 Å². The van der Waals surface area contributed by atoms with E-state index in [1.165, 1.54) is 0 Å². The summed E-state index contributed by atoms with van der Waals surface area (Å²) in [6, 6.07) is 0. The van der Waals surface area contributed by atoms with Gasteiger partial charge in [-0.15, -0.1) is 11.6 Å². The Morgan fingerprint density at radius 3 is 2.47 bits per heavy atom. The lowest BCUT2D eigenvalue weighted by Gasteiger charge is -2.03. The van der Waals surface area contributed by atoms with E-state index in [4.69, 9.17) is 23.2 Å². The normalized spacial score (nSPS) is 12.3. The van der Waals surface area contributed by atoms with Gasteiger partial charge in [0.1, 0.15) is 5.15 Å². The molecular weight excluding hydrogens is 307 g/mol. The fourth-order valence-corrected chi connectivity index (χ4v) is 3.11. The Morgan fingerprint density at radius 1 is 1.37 bits per heavy atom. The standard InChI is InChI=1S/C12H20Cl2N2O2S/c1-4-19(17,18)6-5-16-12(14)10(8-13)11(15-16)7-9(2)3/h9H,4-8H2,1-3H3. The highest BCUT2D eigenvalue weighted by atomic mass is 35.5. The van der Waals surface area contributed by atoms with E-state index >= 15 is 0 Å². The minimum atomic E-state index is -3.02. The first kappa shape index (κ1) is 16.8. The van der Waals surface area contributed by atoms with Crippen molar-refractivity contribution < 1.29 is 8.42 Å². The summed E-state index contributed by atoms with van der Waals surface area (Å²) < 4.78 is 24.6. The Balaban J connectivity index is 2.93. The third-order valence-corrected chi connectivity index (χ3v) is 5.23. The van der Waals surface area contributed by atoms with E-state index in [0.717, 1.165) is 17.7 Å². The molecule has 0 aliphatic carbocycles. The van der Waals surface area contributed by atoms with Crippen molar-refractivity contribution in [3.05, 3.63) is 16.4 Å². The van der Waals surface area contributed by atoms with Gasteiger partial charge in [-0.25, -0.2) is 8.42 Å². The molecule has 1 aromatic heterocycles. The number of aryl methyl sites for hydroxylation is 1. The van der Waals surface area contributed by atoms with Gasteiger partial charge in [0, 0.05) is 11.3 Å². The molecule has 19 heavy (non-hydrogen) atoms. The van der Waals surface area contributed by atoms with Gasteiger partial charge in [0.15, 0.2) is 9.84 Å². The molecule has 0 aliphatic rings. The first-order valence-electron chi connectivity index (χ1n) is 6.31. The molecule has 0 aliphatic heterocycles. The third-order valence-electron chi connectivity index (χ3n) is 2.85. The van der Waals surface area contributed by atoms with Gasteiger partial charge in [0.2, 0.25) is 0 Å². The monoisotopic (exact) mass is 326 g/mol. The SMILES string of the molecule is CCS(=O)(=O)CCn1nc(CC(C)C)c(CCl)c1Cl. The molecule has 0 N–H and O–H groups in total. The van der Waals surface area contributed by atoms with E-state index in [1.54, 1.807) is 11.6 Å². The molecule has 110 valence electrons. The van der Waals surface area contributed by atoms with Crippen molar-refractivity contribution in [2.75, 3.05) is 11.5 Å². The summed E-state index contributed by atoms with van der Waals surface area (Å²) in [5, 5.41) is 4.85. The second kappa shape index (κ2) is 6.95. The molecule has 0 saturated heterocycles. The molecule has 0 saturated carbocycles. The predicted molar refractivity (Wildman–Crippen MR) is 79.7 cm³/mol. The average Bonchev–Trinajstić information content (AvgIpc) is 2.62. The maximum absolute atomic E-state index is 11.5. The summed E-state index contributed by atoms with van der Waals surface area (Å²) in [5.74, 6) is 0.920. The van der Waals surface area contributed by atoms with Crippen LogP contribution in [-0.2, 0) is 28.7 Å². The van der Waals surface area contributed by atoms with Gasteiger partial charge in [0.05, 0.1) is 23.9 Å². The molecule has 0 radical (unpaired) electrons. The topological polar surface area (TPSA) is 52.0 Å². The highest BCUT2D eigenvalue weighted by Crippen LogP contribution is 2.24. The van der Waals surface area contributed by atoms with Crippen LogP contribution in [0.2, 0.25) is 5.15 Å². The van der Waals surface area contributed by atoms with Crippen molar-refractivity contribution in [1.82, 2.24) is 9.78 Å². The van der Waals surface area contributed by atoms with Gasteiger partial charge >= 0.3 is 0 Å². The van der Waals surface area contributed by atoms with Crippen LogP contribution in [0.3, 0.4) is 0 Å². The molecule has 1 heterocycles. The highest BCUT2D eigenvalue weighted by Gasteiger charge is 2.17. The van der Waals surface area contributed by atoms with E-state index in [1.807, 2.05) is 0 Å². The van der Waals surface area contributed by atoms with E-state index in [-0.39, 0.29) is 18.1 Å². The summed E-state index contributed by atoms with van der Waals surface area (Å²) in [6.07, 6.45) is 0.787. The average molecular weight is 327 g/mol. The number of aromatic nitrogens is 2. The Morgan fingerprint density at radius 2 is 2.00 bits per heavy atom. The highest BCUT2D eigenvalue weighted by molar-refractivity contribution is 7.91. The minimum Gasteiger partial charge on any atom is -0.252 e. The van der Waals surface area contributed by atoms with Gasteiger partial charge in [0.25, 0.3) is 0 Å². The maximum atomic E-state index is 11.5. The molecule has 0 fully saturated rings. The Kier molecular flexibility index (Phi) is 6.15. The van der Waals surface area contributed by atoms with Crippen LogP contribution in [0.5, 0.6) is 0 Å². The van der Waals surface area contributed by atoms with Crippen molar-refractivity contribution in [2.45, 2.75) is 39.6 Å². The fourth-order valence-electron chi connectivity index (χ4n) is 1.73. The van der Waals surface area contributed by atoms with Crippen molar-refractivity contribution in [1.29, 1.82) is 0 Å². The van der Waals surface area contributed by atoms with Crippen LogP contribution in [0, 0.1) is 5.92 Å². The lowest BCUT2D eigenvalue weighted by molar-refractivity contribution is 0.574.